The fraction of sp³-hybridized carbons (Fsp3) is 0.0698. The lowest BCUT2D eigenvalue weighted by molar-refractivity contribution is -0.0586. The van der Waals surface area contributed by atoms with Crippen molar-refractivity contribution in [1.82, 2.24) is 0 Å². The fourth-order valence-electron chi connectivity index (χ4n) is 5.98. The third-order valence-corrected chi connectivity index (χ3v) is 12.6. The third-order valence-electron chi connectivity index (χ3n) is 9.04. The number of hydrogen-bond donors (Lipinski definition) is 1. The molecule has 64 heavy (non-hydrogen) atoms. The van der Waals surface area contributed by atoms with Crippen LogP contribution in [0.4, 0.5) is 39.5 Å². The number of halogens is 9. The molecule has 9 nitrogen and oxygen atoms in total. The van der Waals surface area contributed by atoms with Crippen molar-refractivity contribution in [3.05, 3.63) is 158 Å². The Morgan fingerprint density at radius 1 is 0.344 bits per heavy atom. The summed E-state index contributed by atoms with van der Waals surface area (Å²) in [5.74, 6) is -0.0846. The van der Waals surface area contributed by atoms with Crippen molar-refractivity contribution in [2.45, 2.75) is 16.5 Å². The number of benzene rings is 8. The molecule has 0 saturated carbocycles. The van der Waals surface area contributed by atoms with Gasteiger partial charge in [0.05, 0.1) is 0 Å². The molecule has 0 aliphatic heterocycles. The van der Waals surface area contributed by atoms with E-state index in [1.165, 1.54) is 40.1 Å². The van der Waals surface area contributed by atoms with Crippen molar-refractivity contribution in [1.29, 1.82) is 0 Å². The Labute approximate surface area is 357 Å². The first kappa shape index (κ1) is 47.1. The highest BCUT2D eigenvalue weighted by molar-refractivity contribution is 8.00. The number of hydrogen-bond acceptors (Lipinski definition) is 9. The maximum Gasteiger partial charge on any atom is 0.534 e. The van der Waals surface area contributed by atoms with Gasteiger partial charge in [0.1, 0.15) is 11.5 Å². The first-order chi connectivity index (χ1) is 29.7. The van der Waals surface area contributed by atoms with Crippen molar-refractivity contribution in [2.24, 2.45) is 0 Å². The average molecular weight is 955 g/mol. The SMILES string of the molecule is O=S(=O)(OS(=O)(=O)C(F)(F)F)C(F)(F)F.O=S(=O)(Oc1ccc2ccc(-c3ccc4ccccc4c3)cc2c1)C(F)(F)F.Oc1ccc2ccc(-c3ccc4ccccc4c3)cc2c1. The molecule has 0 heterocycles. The number of phenols is 1. The average Bonchev–Trinajstić information content (AvgIpc) is 3.21. The Hall–Kier alpha value is -6.42. The number of aromatic hydroxyl groups is 1. The molecule has 0 saturated heterocycles. The number of alkyl halides is 9. The molecule has 8 rings (SSSR count). The lowest BCUT2D eigenvalue weighted by Gasteiger charge is -2.11. The Kier molecular flexibility index (Phi) is 13.0. The largest absolute Gasteiger partial charge is 0.534 e. The summed E-state index contributed by atoms with van der Waals surface area (Å²) in [6, 6.07) is 50.0. The molecule has 0 fully saturated rings. The Morgan fingerprint density at radius 3 is 1.05 bits per heavy atom. The molecule has 0 radical (unpaired) electrons. The molecule has 0 unspecified atom stereocenters. The molecule has 334 valence electrons. The van der Waals surface area contributed by atoms with Gasteiger partial charge in [-0.2, -0.15) is 64.8 Å². The van der Waals surface area contributed by atoms with Gasteiger partial charge in [0.2, 0.25) is 0 Å². The molecule has 0 atom stereocenters. The second kappa shape index (κ2) is 17.6. The molecule has 0 aliphatic carbocycles. The number of fused-ring (bicyclic) bond motifs is 4. The van der Waals surface area contributed by atoms with Gasteiger partial charge in [0.15, 0.2) is 0 Å². The second-order valence-electron chi connectivity index (χ2n) is 13.4. The summed E-state index contributed by atoms with van der Waals surface area (Å²) < 4.78 is 174. The molecule has 0 spiro atoms. The molecule has 1 N–H and O–H groups in total. The van der Waals surface area contributed by atoms with Gasteiger partial charge < -0.3 is 9.29 Å². The van der Waals surface area contributed by atoms with Crippen molar-refractivity contribution < 1.29 is 77.7 Å². The summed E-state index contributed by atoms with van der Waals surface area (Å²) in [5, 5.41) is 17.8. The zero-order valence-electron chi connectivity index (χ0n) is 31.9. The van der Waals surface area contributed by atoms with Gasteiger partial charge in [0.25, 0.3) is 0 Å². The van der Waals surface area contributed by atoms with Crippen LogP contribution in [0.3, 0.4) is 0 Å². The minimum Gasteiger partial charge on any atom is -0.508 e. The minimum atomic E-state index is -6.85. The quantitative estimate of drug-likeness (QED) is 0.0979. The Balaban J connectivity index is 0.000000168. The summed E-state index contributed by atoms with van der Waals surface area (Å²) in [4.78, 5) is 0. The van der Waals surface area contributed by atoms with E-state index in [9.17, 15) is 69.9 Å². The van der Waals surface area contributed by atoms with Crippen LogP contribution in [0.2, 0.25) is 0 Å². The molecule has 0 aliphatic rings. The Morgan fingerprint density at radius 2 is 0.656 bits per heavy atom. The van der Waals surface area contributed by atoms with Gasteiger partial charge in [-0.25, -0.2) is 0 Å². The summed E-state index contributed by atoms with van der Waals surface area (Å²) >= 11 is 0. The van der Waals surface area contributed by atoms with E-state index in [1.807, 2.05) is 64.3 Å². The zero-order valence-corrected chi connectivity index (χ0v) is 34.3. The van der Waals surface area contributed by atoms with Crippen LogP contribution in [0.1, 0.15) is 0 Å². The van der Waals surface area contributed by atoms with Crippen LogP contribution >= 0.6 is 0 Å². The number of rotatable bonds is 6. The van der Waals surface area contributed by atoms with Crippen molar-refractivity contribution in [3.63, 3.8) is 0 Å². The fourth-order valence-corrected chi connectivity index (χ4v) is 7.99. The first-order valence-corrected chi connectivity index (χ1v) is 22.0. The summed E-state index contributed by atoms with van der Waals surface area (Å²) in [5.41, 5.74) is -13.8. The van der Waals surface area contributed by atoms with Gasteiger partial charge in [-0.1, -0.05) is 109 Å². The van der Waals surface area contributed by atoms with Crippen LogP contribution in [0.15, 0.2) is 158 Å². The molecule has 8 aromatic rings. The molecular formula is C43H27F9O9S3. The second-order valence-corrected chi connectivity index (χ2v) is 18.3. The maximum absolute atomic E-state index is 12.5. The van der Waals surface area contributed by atoms with E-state index in [4.69, 9.17) is 0 Å². The van der Waals surface area contributed by atoms with Crippen LogP contribution in [0, 0.1) is 0 Å². The van der Waals surface area contributed by atoms with E-state index >= 15 is 0 Å². The molecular weight excluding hydrogens is 928 g/mol. The van der Waals surface area contributed by atoms with Gasteiger partial charge >= 0.3 is 46.9 Å². The van der Waals surface area contributed by atoms with Crippen LogP contribution in [-0.2, 0) is 34.0 Å². The van der Waals surface area contributed by atoms with Crippen LogP contribution in [0.5, 0.6) is 11.5 Å². The lowest BCUT2D eigenvalue weighted by Crippen LogP contribution is -2.34. The van der Waals surface area contributed by atoms with Gasteiger partial charge in [-0.05, 0) is 114 Å². The topological polar surface area (TPSA) is 141 Å². The monoisotopic (exact) mass is 954 g/mol. The van der Waals surface area contributed by atoms with Gasteiger partial charge in [-0.3, -0.25) is 0 Å². The highest BCUT2D eigenvalue weighted by Crippen LogP contribution is 2.34. The lowest BCUT2D eigenvalue weighted by atomic mass is 9.98. The van der Waals surface area contributed by atoms with E-state index in [0.717, 1.165) is 38.1 Å². The van der Waals surface area contributed by atoms with E-state index in [0.29, 0.717) is 11.1 Å². The standard InChI is InChI=1S/C21H13F3O3S.C20H14O.C2F6O5S2/c22-21(23,24)28(25,26)27-20-10-9-15-6-8-18(12-19(15)13-20)17-7-5-14-3-1-2-4-16(14)11-17;21-20-10-9-15-6-8-18(12-19(15)13-20)17-7-5-14-3-1-2-4-16(14)11-17;3-1(4,5)14(9,10)13-15(11,12)2(6,7)8/h1-13H;1-13,21H;. The van der Waals surface area contributed by atoms with Crippen molar-refractivity contribution >= 4 is 73.4 Å². The zero-order chi connectivity index (χ0) is 46.9. The molecule has 21 heteroatoms. The van der Waals surface area contributed by atoms with E-state index in [2.05, 4.69) is 64.8 Å². The van der Waals surface area contributed by atoms with Gasteiger partial charge in [-0.15, -0.1) is 3.63 Å². The highest BCUT2D eigenvalue weighted by Gasteiger charge is 2.57. The smallest absolute Gasteiger partial charge is 0.508 e. The predicted octanol–water partition coefficient (Wildman–Crippen LogP) is 12.0. The van der Waals surface area contributed by atoms with Crippen molar-refractivity contribution in [3.8, 4) is 33.8 Å². The first-order valence-electron chi connectivity index (χ1n) is 17.8. The summed E-state index contributed by atoms with van der Waals surface area (Å²) in [6.45, 7) is 0. The minimum absolute atomic E-state index is 0.304. The third kappa shape index (κ3) is 10.8. The molecule has 0 bridgehead atoms. The molecule has 0 amide bonds. The molecule has 0 aromatic heterocycles. The van der Waals surface area contributed by atoms with E-state index in [1.54, 1.807) is 18.2 Å². The van der Waals surface area contributed by atoms with E-state index < -0.39 is 46.9 Å². The number of phenolic OH excluding ortho intramolecular Hbond substituents is 1. The van der Waals surface area contributed by atoms with E-state index in [-0.39, 0.29) is 5.75 Å². The Bertz CT molecular complexity index is 3330. The van der Waals surface area contributed by atoms with Crippen LogP contribution in [-0.4, -0.2) is 46.9 Å². The normalized spacial score (nSPS) is 12.6. The summed E-state index contributed by atoms with van der Waals surface area (Å²) in [6.07, 6.45) is 0. The summed E-state index contributed by atoms with van der Waals surface area (Å²) in [7, 11) is -19.4. The molecule has 8 aromatic carbocycles. The van der Waals surface area contributed by atoms with Crippen LogP contribution < -0.4 is 4.18 Å². The predicted molar refractivity (Wildman–Crippen MR) is 222 cm³/mol. The maximum atomic E-state index is 12.5. The van der Waals surface area contributed by atoms with Crippen molar-refractivity contribution in [2.75, 3.05) is 0 Å². The van der Waals surface area contributed by atoms with Gasteiger partial charge in [0, 0.05) is 0 Å². The highest BCUT2D eigenvalue weighted by atomic mass is 32.3. The van der Waals surface area contributed by atoms with Crippen LogP contribution in [0.25, 0.3) is 65.3 Å².